The van der Waals surface area contributed by atoms with E-state index in [0.29, 0.717) is 10.7 Å². The van der Waals surface area contributed by atoms with Crippen molar-refractivity contribution in [3.8, 4) is 11.3 Å². The van der Waals surface area contributed by atoms with Crippen molar-refractivity contribution in [1.82, 2.24) is 4.98 Å². The lowest BCUT2D eigenvalue weighted by Gasteiger charge is -2.15. The number of halogens is 1. The lowest BCUT2D eigenvalue weighted by Crippen LogP contribution is -2.20. The summed E-state index contributed by atoms with van der Waals surface area (Å²) in [5, 5.41) is 12.5. The van der Waals surface area contributed by atoms with E-state index in [1.54, 1.807) is 38.1 Å². The van der Waals surface area contributed by atoms with Gasteiger partial charge in [0.1, 0.15) is 10.6 Å². The molecule has 2 aromatic carbocycles. The van der Waals surface area contributed by atoms with Crippen molar-refractivity contribution < 1.29 is 18.3 Å². The number of amides is 1. The number of carbonyl (C=O) groups excluding carboxylic acids is 1. The van der Waals surface area contributed by atoms with Gasteiger partial charge in [-0.1, -0.05) is 12.1 Å². The van der Waals surface area contributed by atoms with Gasteiger partial charge >= 0.3 is 0 Å². The molecule has 3 aromatic rings. The molecule has 0 saturated carbocycles. The Labute approximate surface area is 178 Å². The Hall–Kier alpha value is -2.26. The SMILES string of the molecule is CC(C)(O)c1nc(-c2ccc(N(Cl)C(=O)c3ccc(S(C)(=O)=O)cc3)cc2)cs1. The van der Waals surface area contributed by atoms with E-state index in [1.165, 1.54) is 35.6 Å². The van der Waals surface area contributed by atoms with Gasteiger partial charge in [-0.05, 0) is 50.2 Å². The van der Waals surface area contributed by atoms with Gasteiger partial charge in [-0.2, -0.15) is 0 Å². The van der Waals surface area contributed by atoms with Crippen LogP contribution in [0, 0.1) is 0 Å². The third kappa shape index (κ3) is 4.84. The van der Waals surface area contributed by atoms with E-state index < -0.39 is 21.3 Å². The predicted octanol–water partition coefficient (Wildman–Crippen LogP) is 4.24. The van der Waals surface area contributed by atoms with Crippen molar-refractivity contribution in [2.45, 2.75) is 24.3 Å². The Morgan fingerprint density at radius 3 is 2.17 bits per heavy atom. The van der Waals surface area contributed by atoms with Crippen LogP contribution >= 0.6 is 23.1 Å². The minimum Gasteiger partial charge on any atom is -0.383 e. The predicted molar refractivity (Wildman–Crippen MR) is 115 cm³/mol. The molecule has 6 nitrogen and oxygen atoms in total. The average molecular weight is 451 g/mol. The number of nitrogens with zero attached hydrogens (tertiary/aromatic N) is 2. The summed E-state index contributed by atoms with van der Waals surface area (Å²) in [4.78, 5) is 17.2. The molecule has 1 amide bonds. The molecule has 0 aliphatic rings. The summed E-state index contributed by atoms with van der Waals surface area (Å²) in [5.41, 5.74) is 1.28. The summed E-state index contributed by atoms with van der Waals surface area (Å²) in [7, 11) is -3.34. The average Bonchev–Trinajstić information content (AvgIpc) is 3.17. The Bertz CT molecular complexity index is 1130. The van der Waals surface area contributed by atoms with Gasteiger partial charge in [0.05, 0.1) is 16.3 Å². The Balaban J connectivity index is 1.78. The van der Waals surface area contributed by atoms with E-state index in [-0.39, 0.29) is 10.5 Å². The fraction of sp³-hybridized carbons (Fsp3) is 0.200. The van der Waals surface area contributed by atoms with Crippen LogP contribution in [0.25, 0.3) is 11.3 Å². The first kappa shape index (κ1) is 21.4. The lowest BCUT2D eigenvalue weighted by molar-refractivity contribution is 0.0783. The zero-order valence-electron chi connectivity index (χ0n) is 16.0. The van der Waals surface area contributed by atoms with Gasteiger partial charge in [0.25, 0.3) is 5.91 Å². The molecule has 3 rings (SSSR count). The number of anilines is 1. The molecule has 1 N–H and O–H groups in total. The molecule has 0 aliphatic heterocycles. The van der Waals surface area contributed by atoms with Crippen molar-refractivity contribution in [3.63, 3.8) is 0 Å². The smallest absolute Gasteiger partial charge is 0.272 e. The number of hydrogen-bond acceptors (Lipinski definition) is 6. The minimum atomic E-state index is -3.34. The first-order valence-electron chi connectivity index (χ1n) is 8.56. The van der Waals surface area contributed by atoms with Crippen molar-refractivity contribution in [3.05, 3.63) is 64.5 Å². The van der Waals surface area contributed by atoms with Gasteiger partial charge in [0, 0.05) is 34.5 Å². The van der Waals surface area contributed by atoms with Crippen molar-refractivity contribution in [1.29, 1.82) is 0 Å². The van der Waals surface area contributed by atoms with E-state index >= 15 is 0 Å². The highest BCUT2D eigenvalue weighted by molar-refractivity contribution is 7.90. The second kappa shape index (κ2) is 7.87. The molecule has 152 valence electrons. The topological polar surface area (TPSA) is 87.6 Å². The lowest BCUT2D eigenvalue weighted by atomic mass is 10.1. The molecule has 0 atom stereocenters. The maximum absolute atomic E-state index is 12.6. The van der Waals surface area contributed by atoms with Crippen LogP contribution in [0.2, 0.25) is 0 Å². The number of carbonyl (C=O) groups is 1. The molecule has 0 spiro atoms. The standard InChI is InChI=1S/C20H19ClN2O4S2/c1-20(2,25)19-22-17(12-28-19)13-4-8-15(9-5-13)23(21)18(24)14-6-10-16(11-7-14)29(3,26)27/h4-12,25H,1-3H3. The van der Waals surface area contributed by atoms with Crippen molar-refractivity contribution in [2.75, 3.05) is 10.7 Å². The molecular weight excluding hydrogens is 432 g/mol. The minimum absolute atomic E-state index is 0.133. The zero-order chi connectivity index (χ0) is 21.4. The number of sulfone groups is 1. The molecule has 0 unspecified atom stereocenters. The molecule has 1 aromatic heterocycles. The van der Waals surface area contributed by atoms with Crippen LogP contribution in [0.4, 0.5) is 5.69 Å². The largest absolute Gasteiger partial charge is 0.383 e. The quantitative estimate of drug-likeness (QED) is 0.587. The van der Waals surface area contributed by atoms with Gasteiger partial charge < -0.3 is 5.11 Å². The van der Waals surface area contributed by atoms with Crippen LogP contribution in [0.15, 0.2) is 58.8 Å². The second-order valence-corrected chi connectivity index (χ2v) is 10.2. The van der Waals surface area contributed by atoms with E-state index in [0.717, 1.165) is 21.9 Å². The van der Waals surface area contributed by atoms with Crippen LogP contribution in [0.3, 0.4) is 0 Å². The van der Waals surface area contributed by atoms with Crippen LogP contribution < -0.4 is 4.42 Å². The molecule has 29 heavy (non-hydrogen) atoms. The summed E-state index contributed by atoms with van der Waals surface area (Å²) in [6.45, 7) is 3.36. The van der Waals surface area contributed by atoms with E-state index in [9.17, 15) is 18.3 Å². The van der Waals surface area contributed by atoms with Crippen LogP contribution in [-0.4, -0.2) is 30.7 Å². The first-order chi connectivity index (χ1) is 13.5. The van der Waals surface area contributed by atoms with Crippen molar-refractivity contribution in [2.24, 2.45) is 0 Å². The van der Waals surface area contributed by atoms with Gasteiger partial charge in [-0.25, -0.2) is 17.8 Å². The summed E-state index contributed by atoms with van der Waals surface area (Å²) >= 11 is 7.57. The molecule has 0 aliphatic carbocycles. The van der Waals surface area contributed by atoms with E-state index in [2.05, 4.69) is 4.98 Å². The number of aromatic nitrogens is 1. The fourth-order valence-corrected chi connectivity index (χ4v) is 4.22. The second-order valence-electron chi connectivity index (χ2n) is 7.03. The third-order valence-electron chi connectivity index (χ3n) is 4.13. The monoisotopic (exact) mass is 450 g/mol. The molecule has 1 heterocycles. The summed E-state index contributed by atoms with van der Waals surface area (Å²) in [5.74, 6) is -0.475. The number of thiazole rings is 1. The summed E-state index contributed by atoms with van der Waals surface area (Å²) in [6.07, 6.45) is 1.10. The maximum Gasteiger partial charge on any atom is 0.272 e. The number of benzene rings is 2. The molecule has 0 radical (unpaired) electrons. The van der Waals surface area contributed by atoms with E-state index in [1.807, 2.05) is 5.38 Å². The summed E-state index contributed by atoms with van der Waals surface area (Å²) < 4.78 is 24.0. The van der Waals surface area contributed by atoms with E-state index in [4.69, 9.17) is 11.8 Å². The first-order valence-corrected chi connectivity index (χ1v) is 11.7. The number of aliphatic hydroxyl groups is 1. The zero-order valence-corrected chi connectivity index (χ0v) is 18.3. The Morgan fingerprint density at radius 2 is 1.69 bits per heavy atom. The molecule has 0 bridgehead atoms. The highest BCUT2D eigenvalue weighted by Gasteiger charge is 2.21. The highest BCUT2D eigenvalue weighted by atomic mass is 35.5. The molecule has 0 fully saturated rings. The van der Waals surface area contributed by atoms with Gasteiger partial charge in [0.15, 0.2) is 9.84 Å². The fourth-order valence-electron chi connectivity index (χ4n) is 2.53. The van der Waals surface area contributed by atoms with Crippen LogP contribution in [-0.2, 0) is 15.4 Å². The molecule has 0 saturated heterocycles. The number of rotatable bonds is 5. The Morgan fingerprint density at radius 1 is 1.10 bits per heavy atom. The highest BCUT2D eigenvalue weighted by Crippen LogP contribution is 2.30. The van der Waals surface area contributed by atoms with Gasteiger partial charge in [0.2, 0.25) is 0 Å². The number of hydrogen-bond donors (Lipinski definition) is 1. The van der Waals surface area contributed by atoms with Gasteiger partial charge in [-0.3, -0.25) is 4.79 Å². The van der Waals surface area contributed by atoms with Crippen molar-refractivity contribution >= 4 is 44.5 Å². The van der Waals surface area contributed by atoms with Crippen LogP contribution in [0.1, 0.15) is 29.2 Å². The summed E-state index contributed by atoms with van der Waals surface area (Å²) in [6, 6.07) is 12.5. The maximum atomic E-state index is 12.6. The Kier molecular flexibility index (Phi) is 5.82. The molecular formula is C20H19ClN2O4S2. The van der Waals surface area contributed by atoms with Crippen LogP contribution in [0.5, 0.6) is 0 Å². The molecule has 9 heteroatoms. The van der Waals surface area contributed by atoms with Gasteiger partial charge in [-0.15, -0.1) is 11.3 Å². The normalized spacial score (nSPS) is 12.0. The third-order valence-corrected chi connectivity index (χ3v) is 6.76.